The first-order chi connectivity index (χ1) is 9.72. The van der Waals surface area contributed by atoms with Crippen LogP contribution in [0.4, 0.5) is 0 Å². The highest BCUT2D eigenvalue weighted by molar-refractivity contribution is 5.91. The molecule has 0 atom stereocenters. The predicted molar refractivity (Wildman–Crippen MR) is 68.8 cm³/mol. The monoisotopic (exact) mass is 276 g/mol. The Morgan fingerprint density at radius 3 is 2.80 bits per heavy atom. The van der Waals surface area contributed by atoms with E-state index in [4.69, 9.17) is 4.52 Å². The van der Waals surface area contributed by atoms with Gasteiger partial charge in [0.05, 0.1) is 18.4 Å². The molecule has 106 valence electrons. The van der Waals surface area contributed by atoms with Crippen LogP contribution in [0, 0.1) is 6.92 Å². The van der Waals surface area contributed by atoms with E-state index >= 15 is 0 Å². The van der Waals surface area contributed by atoms with Crippen molar-refractivity contribution in [3.63, 3.8) is 0 Å². The van der Waals surface area contributed by atoms with Gasteiger partial charge in [-0.25, -0.2) is 0 Å². The molecule has 2 aromatic heterocycles. The normalized spacial score (nSPS) is 16.6. The smallest absolute Gasteiger partial charge is 0.276 e. The minimum absolute atomic E-state index is 0.0751. The molecule has 8 nitrogen and oxygen atoms in total. The van der Waals surface area contributed by atoms with Crippen molar-refractivity contribution < 1.29 is 9.32 Å². The van der Waals surface area contributed by atoms with Crippen molar-refractivity contribution in [3.8, 4) is 0 Å². The highest BCUT2D eigenvalue weighted by Gasteiger charge is 2.24. The number of nitrogens with one attached hydrogen (secondary N) is 1. The third kappa shape index (κ3) is 2.69. The molecule has 1 aliphatic heterocycles. The zero-order valence-electron chi connectivity index (χ0n) is 11.2. The van der Waals surface area contributed by atoms with Gasteiger partial charge in [0.25, 0.3) is 5.91 Å². The lowest BCUT2D eigenvalue weighted by atomic mass is 10.2. The Balaban J connectivity index is 1.53. The quantitative estimate of drug-likeness (QED) is 0.852. The van der Waals surface area contributed by atoms with Crippen molar-refractivity contribution >= 4 is 5.91 Å². The number of H-pyrrole nitrogens is 1. The summed E-state index contributed by atoms with van der Waals surface area (Å²) in [5, 5.41) is 13.8. The Morgan fingerprint density at radius 2 is 2.20 bits per heavy atom. The van der Waals surface area contributed by atoms with Gasteiger partial charge in [-0.05, 0) is 6.92 Å². The average molecular weight is 276 g/mol. The van der Waals surface area contributed by atoms with E-state index in [1.54, 1.807) is 4.90 Å². The number of aromatic nitrogens is 4. The zero-order chi connectivity index (χ0) is 13.9. The second kappa shape index (κ2) is 5.41. The van der Waals surface area contributed by atoms with Crippen LogP contribution in [0.1, 0.15) is 21.9 Å². The second-order valence-corrected chi connectivity index (χ2v) is 4.86. The number of amides is 1. The van der Waals surface area contributed by atoms with Crippen LogP contribution < -0.4 is 0 Å². The van der Waals surface area contributed by atoms with E-state index in [0.29, 0.717) is 18.8 Å². The molecular weight excluding hydrogens is 260 g/mol. The van der Waals surface area contributed by atoms with Crippen LogP contribution in [0.25, 0.3) is 0 Å². The molecule has 0 bridgehead atoms. The maximum atomic E-state index is 12.1. The van der Waals surface area contributed by atoms with E-state index in [1.807, 2.05) is 13.0 Å². The Kier molecular flexibility index (Phi) is 3.46. The fourth-order valence-electron chi connectivity index (χ4n) is 2.29. The predicted octanol–water partition coefficient (Wildman–Crippen LogP) is 0.0591. The molecule has 1 saturated heterocycles. The molecule has 1 aliphatic rings. The molecule has 0 saturated carbocycles. The van der Waals surface area contributed by atoms with Gasteiger partial charge >= 0.3 is 0 Å². The maximum Gasteiger partial charge on any atom is 0.276 e. The molecule has 2 aromatic rings. The third-order valence-corrected chi connectivity index (χ3v) is 3.35. The minimum atomic E-state index is -0.0751. The van der Waals surface area contributed by atoms with Crippen molar-refractivity contribution in [3.05, 3.63) is 29.4 Å². The summed E-state index contributed by atoms with van der Waals surface area (Å²) in [4.78, 5) is 16.1. The van der Waals surface area contributed by atoms with Gasteiger partial charge < -0.3 is 9.42 Å². The zero-order valence-corrected chi connectivity index (χ0v) is 11.2. The maximum absolute atomic E-state index is 12.1. The van der Waals surface area contributed by atoms with Crippen LogP contribution in [0.5, 0.6) is 0 Å². The first kappa shape index (κ1) is 12.8. The summed E-state index contributed by atoms with van der Waals surface area (Å²) in [6.45, 7) is 5.61. The number of rotatable bonds is 3. The number of hydrogen-bond acceptors (Lipinski definition) is 6. The molecule has 0 aromatic carbocycles. The van der Waals surface area contributed by atoms with Gasteiger partial charge in [0.15, 0.2) is 11.5 Å². The molecular formula is C12H16N6O2. The number of aromatic amines is 1. The number of aryl methyl sites for hydroxylation is 1. The first-order valence-corrected chi connectivity index (χ1v) is 6.52. The fraction of sp³-hybridized carbons (Fsp3) is 0.500. The van der Waals surface area contributed by atoms with Crippen molar-refractivity contribution in [2.45, 2.75) is 13.5 Å². The Labute approximate surface area is 115 Å². The largest absolute Gasteiger partial charge is 0.360 e. The SMILES string of the molecule is Cc1cc(CN2CCN(C(=O)c3cn[nH]n3)CC2)on1. The van der Waals surface area contributed by atoms with Crippen molar-refractivity contribution in [2.24, 2.45) is 0 Å². The van der Waals surface area contributed by atoms with Gasteiger partial charge in [0.2, 0.25) is 0 Å². The van der Waals surface area contributed by atoms with Gasteiger partial charge in [0.1, 0.15) is 0 Å². The molecule has 3 heterocycles. The lowest BCUT2D eigenvalue weighted by Gasteiger charge is -2.33. The standard InChI is InChI=1S/C12H16N6O2/c1-9-6-10(20-15-9)8-17-2-4-18(5-3-17)12(19)11-7-13-16-14-11/h6-7H,2-5,8H2,1H3,(H,13,14,16). The van der Waals surface area contributed by atoms with Crippen molar-refractivity contribution in [1.29, 1.82) is 0 Å². The van der Waals surface area contributed by atoms with Crippen LogP contribution in [0.15, 0.2) is 16.8 Å². The summed E-state index contributed by atoms with van der Waals surface area (Å²) in [5.41, 5.74) is 1.25. The molecule has 0 spiro atoms. The molecule has 3 rings (SSSR count). The Bertz CT molecular complexity index is 571. The van der Waals surface area contributed by atoms with E-state index in [0.717, 1.165) is 31.1 Å². The van der Waals surface area contributed by atoms with E-state index in [-0.39, 0.29) is 5.91 Å². The highest BCUT2D eigenvalue weighted by atomic mass is 16.5. The lowest BCUT2D eigenvalue weighted by Crippen LogP contribution is -2.48. The summed E-state index contributed by atoms with van der Waals surface area (Å²) in [5.74, 6) is 0.785. The summed E-state index contributed by atoms with van der Waals surface area (Å²) < 4.78 is 5.21. The number of carbonyl (C=O) groups is 1. The second-order valence-electron chi connectivity index (χ2n) is 4.86. The Hall–Kier alpha value is -2.22. The van der Waals surface area contributed by atoms with E-state index in [2.05, 4.69) is 25.5 Å². The van der Waals surface area contributed by atoms with Gasteiger partial charge in [-0.2, -0.15) is 15.4 Å². The molecule has 1 amide bonds. The highest BCUT2D eigenvalue weighted by Crippen LogP contribution is 2.11. The van der Waals surface area contributed by atoms with Crippen LogP contribution in [-0.4, -0.2) is 62.5 Å². The van der Waals surface area contributed by atoms with Crippen LogP contribution in [0.2, 0.25) is 0 Å². The van der Waals surface area contributed by atoms with Gasteiger partial charge in [0, 0.05) is 32.2 Å². The van der Waals surface area contributed by atoms with Gasteiger partial charge in [-0.3, -0.25) is 9.69 Å². The number of piperazine rings is 1. The van der Waals surface area contributed by atoms with Crippen LogP contribution in [-0.2, 0) is 6.54 Å². The van der Waals surface area contributed by atoms with Gasteiger partial charge in [-0.1, -0.05) is 5.16 Å². The topological polar surface area (TPSA) is 91.2 Å². The van der Waals surface area contributed by atoms with Crippen LogP contribution >= 0.6 is 0 Å². The molecule has 0 radical (unpaired) electrons. The third-order valence-electron chi connectivity index (χ3n) is 3.35. The summed E-state index contributed by atoms with van der Waals surface area (Å²) in [7, 11) is 0. The summed E-state index contributed by atoms with van der Waals surface area (Å²) in [6, 6.07) is 1.94. The summed E-state index contributed by atoms with van der Waals surface area (Å²) >= 11 is 0. The van der Waals surface area contributed by atoms with E-state index in [9.17, 15) is 4.79 Å². The minimum Gasteiger partial charge on any atom is -0.360 e. The lowest BCUT2D eigenvalue weighted by molar-refractivity contribution is 0.0611. The Morgan fingerprint density at radius 1 is 1.40 bits per heavy atom. The molecule has 0 unspecified atom stereocenters. The van der Waals surface area contributed by atoms with Crippen molar-refractivity contribution in [2.75, 3.05) is 26.2 Å². The van der Waals surface area contributed by atoms with E-state index < -0.39 is 0 Å². The average Bonchev–Trinajstić information content (AvgIpc) is 3.11. The molecule has 0 aliphatic carbocycles. The summed E-state index contributed by atoms with van der Waals surface area (Å²) in [6.07, 6.45) is 1.45. The molecule has 1 fully saturated rings. The van der Waals surface area contributed by atoms with Crippen LogP contribution in [0.3, 0.4) is 0 Å². The first-order valence-electron chi connectivity index (χ1n) is 6.52. The van der Waals surface area contributed by atoms with Gasteiger partial charge in [-0.15, -0.1) is 0 Å². The van der Waals surface area contributed by atoms with E-state index in [1.165, 1.54) is 6.20 Å². The molecule has 20 heavy (non-hydrogen) atoms. The molecule has 8 heteroatoms. The fourth-order valence-corrected chi connectivity index (χ4v) is 2.29. The molecule has 1 N–H and O–H groups in total. The number of carbonyl (C=O) groups excluding carboxylic acids is 1. The number of nitrogens with zero attached hydrogens (tertiary/aromatic N) is 5. The number of hydrogen-bond donors (Lipinski definition) is 1. The van der Waals surface area contributed by atoms with Crippen molar-refractivity contribution in [1.82, 2.24) is 30.4 Å².